The molecule has 0 atom stereocenters. The van der Waals surface area contributed by atoms with Crippen LogP contribution in [0.15, 0.2) is 73.3 Å². The molecule has 0 fully saturated rings. The van der Waals surface area contributed by atoms with Gasteiger partial charge in [0.1, 0.15) is 5.69 Å². The van der Waals surface area contributed by atoms with E-state index in [1.165, 1.54) is 5.56 Å². The van der Waals surface area contributed by atoms with E-state index in [9.17, 15) is 0 Å². The lowest BCUT2D eigenvalue weighted by atomic mass is 10.0. The van der Waals surface area contributed by atoms with E-state index in [1.54, 1.807) is 12.4 Å². The molecule has 2 N–H and O–H groups in total. The molecule has 0 aliphatic heterocycles. The third kappa shape index (κ3) is 3.60. The van der Waals surface area contributed by atoms with E-state index >= 15 is 0 Å². The highest BCUT2D eigenvalue weighted by molar-refractivity contribution is 5.97. The number of benzene rings is 1. The van der Waals surface area contributed by atoms with Gasteiger partial charge in [-0.3, -0.25) is 15.1 Å². The third-order valence-electron chi connectivity index (χ3n) is 5.75. The summed E-state index contributed by atoms with van der Waals surface area (Å²) in [5.74, 6) is 0.661. The van der Waals surface area contributed by atoms with E-state index in [-0.39, 0.29) is 0 Å². The highest BCUT2D eigenvalue weighted by Crippen LogP contribution is 2.32. The molecule has 0 saturated heterocycles. The predicted octanol–water partition coefficient (Wildman–Crippen LogP) is 4.69. The van der Waals surface area contributed by atoms with Crippen LogP contribution in [0.25, 0.3) is 56.0 Å². The number of H-pyrrole nitrogens is 2. The molecule has 5 heterocycles. The van der Waals surface area contributed by atoms with Gasteiger partial charge in [0.05, 0.1) is 16.7 Å². The molecule has 8 nitrogen and oxygen atoms in total. The SMILES string of the molecule is CN(C)Cc1cncc(-c2ccc3[nH]nc(-c4nc5nccc(-c6ccccn6)c5[nH]4)c3c2)c1. The fraction of sp³-hybridized carbons (Fsp3) is 0.115. The summed E-state index contributed by atoms with van der Waals surface area (Å²) in [5.41, 5.74) is 8.28. The largest absolute Gasteiger partial charge is 0.335 e. The number of imidazole rings is 1. The van der Waals surface area contributed by atoms with Crippen LogP contribution in [-0.2, 0) is 6.54 Å². The minimum absolute atomic E-state index is 0.631. The molecule has 0 radical (unpaired) electrons. The molecule has 0 spiro atoms. The van der Waals surface area contributed by atoms with Gasteiger partial charge in [-0.15, -0.1) is 0 Å². The minimum atomic E-state index is 0.631. The summed E-state index contributed by atoms with van der Waals surface area (Å²) in [6, 6.07) is 16.2. The van der Waals surface area contributed by atoms with Crippen molar-refractivity contribution >= 4 is 22.1 Å². The van der Waals surface area contributed by atoms with Crippen LogP contribution >= 0.6 is 0 Å². The van der Waals surface area contributed by atoms with E-state index in [2.05, 4.69) is 67.3 Å². The average molecular weight is 447 g/mol. The topological polar surface area (TPSA) is 99.3 Å². The van der Waals surface area contributed by atoms with E-state index in [0.717, 1.165) is 51.0 Å². The number of rotatable bonds is 5. The molecule has 0 aliphatic carbocycles. The molecule has 0 unspecified atom stereocenters. The maximum Gasteiger partial charge on any atom is 0.178 e. The molecule has 1 aromatic carbocycles. The second-order valence-corrected chi connectivity index (χ2v) is 8.51. The zero-order chi connectivity index (χ0) is 23.1. The molecule has 5 aromatic heterocycles. The van der Waals surface area contributed by atoms with Gasteiger partial charge in [-0.25, -0.2) is 9.97 Å². The lowest BCUT2D eigenvalue weighted by molar-refractivity contribution is 0.402. The molecule has 6 aromatic rings. The van der Waals surface area contributed by atoms with Crippen molar-refractivity contribution in [3.8, 4) is 33.9 Å². The van der Waals surface area contributed by atoms with Gasteiger partial charge >= 0.3 is 0 Å². The maximum atomic E-state index is 4.75. The lowest BCUT2D eigenvalue weighted by Gasteiger charge is -2.10. The average Bonchev–Trinajstić information content (AvgIpc) is 3.48. The van der Waals surface area contributed by atoms with Crippen molar-refractivity contribution in [2.75, 3.05) is 14.1 Å². The first-order valence-electron chi connectivity index (χ1n) is 11.0. The Labute approximate surface area is 195 Å². The van der Waals surface area contributed by atoms with Crippen molar-refractivity contribution in [1.29, 1.82) is 0 Å². The minimum Gasteiger partial charge on any atom is -0.335 e. The van der Waals surface area contributed by atoms with Crippen LogP contribution in [0.3, 0.4) is 0 Å². The van der Waals surface area contributed by atoms with Crippen LogP contribution in [0.1, 0.15) is 5.56 Å². The lowest BCUT2D eigenvalue weighted by Crippen LogP contribution is -2.10. The number of nitrogens with zero attached hydrogens (tertiary/aromatic N) is 6. The number of hydrogen-bond donors (Lipinski definition) is 2. The normalized spacial score (nSPS) is 11.6. The van der Waals surface area contributed by atoms with Crippen molar-refractivity contribution in [2.45, 2.75) is 6.54 Å². The molecule has 0 amide bonds. The van der Waals surface area contributed by atoms with Gasteiger partial charge in [0.2, 0.25) is 0 Å². The number of pyridine rings is 3. The fourth-order valence-corrected chi connectivity index (χ4v) is 4.23. The molecule has 0 aliphatic rings. The first-order chi connectivity index (χ1) is 16.7. The van der Waals surface area contributed by atoms with Gasteiger partial charge in [-0.2, -0.15) is 5.10 Å². The maximum absolute atomic E-state index is 4.75. The second kappa shape index (κ2) is 8.17. The number of nitrogens with one attached hydrogen (secondary N) is 2. The van der Waals surface area contributed by atoms with Crippen LogP contribution < -0.4 is 0 Å². The quantitative estimate of drug-likeness (QED) is 0.399. The molecule has 0 saturated carbocycles. The van der Waals surface area contributed by atoms with Crippen molar-refractivity contribution in [1.82, 2.24) is 40.0 Å². The monoisotopic (exact) mass is 446 g/mol. The summed E-state index contributed by atoms with van der Waals surface area (Å²) in [7, 11) is 4.11. The molecule has 6 rings (SSSR count). The van der Waals surface area contributed by atoms with Crippen LogP contribution in [0.4, 0.5) is 0 Å². The Hall–Kier alpha value is -4.43. The number of hydrogen-bond acceptors (Lipinski definition) is 6. The van der Waals surface area contributed by atoms with Crippen molar-refractivity contribution in [3.05, 3.63) is 78.9 Å². The Morgan fingerprint density at radius 2 is 1.85 bits per heavy atom. The van der Waals surface area contributed by atoms with Gasteiger partial charge in [-0.05, 0) is 61.6 Å². The fourth-order valence-electron chi connectivity index (χ4n) is 4.23. The third-order valence-corrected chi connectivity index (χ3v) is 5.75. The summed E-state index contributed by atoms with van der Waals surface area (Å²) in [6.07, 6.45) is 7.34. The molecule has 34 heavy (non-hydrogen) atoms. The smallest absolute Gasteiger partial charge is 0.178 e. The van der Waals surface area contributed by atoms with Gasteiger partial charge in [0, 0.05) is 47.8 Å². The zero-order valence-electron chi connectivity index (χ0n) is 18.8. The summed E-state index contributed by atoms with van der Waals surface area (Å²) in [5, 5.41) is 8.68. The Kier molecular flexibility index (Phi) is 4.85. The molecule has 0 bridgehead atoms. The predicted molar refractivity (Wildman–Crippen MR) is 133 cm³/mol. The summed E-state index contributed by atoms with van der Waals surface area (Å²) < 4.78 is 0. The Morgan fingerprint density at radius 3 is 2.71 bits per heavy atom. The Morgan fingerprint density at radius 1 is 0.912 bits per heavy atom. The summed E-state index contributed by atoms with van der Waals surface area (Å²) in [4.78, 5) is 23.7. The van der Waals surface area contributed by atoms with E-state index in [1.807, 2.05) is 42.7 Å². The van der Waals surface area contributed by atoms with E-state index in [0.29, 0.717) is 11.5 Å². The summed E-state index contributed by atoms with van der Waals surface area (Å²) >= 11 is 0. The first kappa shape index (κ1) is 20.2. The van der Waals surface area contributed by atoms with E-state index in [4.69, 9.17) is 4.98 Å². The molecule has 166 valence electrons. The van der Waals surface area contributed by atoms with E-state index < -0.39 is 0 Å². The van der Waals surface area contributed by atoms with Gasteiger partial charge in [0.25, 0.3) is 0 Å². The van der Waals surface area contributed by atoms with Crippen molar-refractivity contribution in [3.63, 3.8) is 0 Å². The van der Waals surface area contributed by atoms with Crippen LogP contribution in [0.2, 0.25) is 0 Å². The van der Waals surface area contributed by atoms with Crippen LogP contribution in [0.5, 0.6) is 0 Å². The molecule has 8 heteroatoms. The number of fused-ring (bicyclic) bond motifs is 2. The van der Waals surface area contributed by atoms with Crippen LogP contribution in [-0.4, -0.2) is 54.1 Å². The zero-order valence-corrected chi connectivity index (χ0v) is 18.8. The highest BCUT2D eigenvalue weighted by Gasteiger charge is 2.16. The Balaban J connectivity index is 1.45. The number of aromatic nitrogens is 7. The summed E-state index contributed by atoms with van der Waals surface area (Å²) in [6.45, 7) is 0.838. The molecular weight excluding hydrogens is 424 g/mol. The number of aromatic amines is 2. The molecular formula is C26H22N8. The van der Waals surface area contributed by atoms with Gasteiger partial charge in [-0.1, -0.05) is 12.1 Å². The first-order valence-corrected chi connectivity index (χ1v) is 11.0. The standard InChI is InChI=1S/C26H22N8/c1-34(2)15-16-11-18(14-27-13-16)17-6-7-22-20(12-17)24(33-32-22)26-30-23-19(8-10-29-25(23)31-26)21-5-3-4-9-28-21/h3-14H,15H2,1-2H3,(H,32,33)(H,29,30,31). The van der Waals surface area contributed by atoms with Gasteiger partial charge < -0.3 is 9.88 Å². The van der Waals surface area contributed by atoms with Gasteiger partial charge in [0.15, 0.2) is 11.5 Å². The Bertz CT molecular complexity index is 1610. The van der Waals surface area contributed by atoms with Crippen molar-refractivity contribution < 1.29 is 0 Å². The highest BCUT2D eigenvalue weighted by atomic mass is 15.1. The van der Waals surface area contributed by atoms with Crippen LogP contribution in [0, 0.1) is 0 Å². The second-order valence-electron chi connectivity index (χ2n) is 8.51. The van der Waals surface area contributed by atoms with Crippen molar-refractivity contribution in [2.24, 2.45) is 0 Å².